The van der Waals surface area contributed by atoms with Crippen LogP contribution in [0.25, 0.3) is 16.8 Å². The number of fused-ring (bicyclic) bond motifs is 1. The summed E-state index contributed by atoms with van der Waals surface area (Å²) in [6.07, 6.45) is 3.03. The van der Waals surface area contributed by atoms with E-state index in [0.29, 0.717) is 11.6 Å². The van der Waals surface area contributed by atoms with Crippen molar-refractivity contribution in [1.29, 1.82) is 0 Å². The number of benzene rings is 2. The zero-order valence-electron chi connectivity index (χ0n) is 20.0. The molecule has 9 nitrogen and oxygen atoms in total. The second-order valence-corrected chi connectivity index (χ2v) is 8.64. The quantitative estimate of drug-likeness (QED) is 0.331. The molecule has 1 aliphatic heterocycles. The van der Waals surface area contributed by atoms with E-state index in [4.69, 9.17) is 10.2 Å². The Kier molecular flexibility index (Phi) is 6.92. The fourth-order valence-corrected chi connectivity index (χ4v) is 4.38. The lowest BCUT2D eigenvalue weighted by atomic mass is 10.1. The lowest BCUT2D eigenvalue weighted by molar-refractivity contribution is -0.111. The summed E-state index contributed by atoms with van der Waals surface area (Å²) in [7, 11) is 0. The highest BCUT2D eigenvalue weighted by Gasteiger charge is 2.16. The maximum atomic E-state index is 11.7. The maximum Gasteiger partial charge on any atom is 0.247 e. The Bertz CT molecular complexity index is 1360. The van der Waals surface area contributed by atoms with Gasteiger partial charge in [-0.2, -0.15) is 0 Å². The molecule has 4 aromatic rings. The summed E-state index contributed by atoms with van der Waals surface area (Å²) in [4.78, 5) is 20.8. The van der Waals surface area contributed by atoms with Gasteiger partial charge in [0, 0.05) is 55.3 Å². The minimum Gasteiger partial charge on any atom is -0.395 e. The third-order valence-electron chi connectivity index (χ3n) is 6.29. The molecule has 3 heterocycles. The summed E-state index contributed by atoms with van der Waals surface area (Å²) < 4.78 is 1.84. The summed E-state index contributed by atoms with van der Waals surface area (Å²) >= 11 is 0. The van der Waals surface area contributed by atoms with E-state index in [1.54, 1.807) is 6.20 Å². The number of β-amino-alcohol motifs (C(OH)–C–C–N with tert-alkyl or cyclic N) is 1. The topological polar surface area (TPSA) is 98.0 Å². The molecule has 36 heavy (non-hydrogen) atoms. The second kappa shape index (κ2) is 10.6. The maximum absolute atomic E-state index is 11.7. The number of hydrogen-bond acceptors (Lipinski definition) is 7. The number of aliphatic hydroxyl groups excluding tert-OH is 1. The zero-order chi connectivity index (χ0) is 24.9. The van der Waals surface area contributed by atoms with Crippen LogP contribution in [0.3, 0.4) is 0 Å². The van der Waals surface area contributed by atoms with Gasteiger partial charge in [-0.1, -0.05) is 18.7 Å². The first-order valence-corrected chi connectivity index (χ1v) is 12.0. The van der Waals surface area contributed by atoms with Gasteiger partial charge >= 0.3 is 0 Å². The van der Waals surface area contributed by atoms with Crippen molar-refractivity contribution in [3.8, 4) is 11.3 Å². The molecule has 0 atom stereocenters. The van der Waals surface area contributed by atoms with Crippen molar-refractivity contribution in [2.24, 2.45) is 0 Å². The Morgan fingerprint density at radius 2 is 1.83 bits per heavy atom. The molecular weight excluding hydrogens is 454 g/mol. The average Bonchev–Trinajstić information content (AvgIpc) is 3.33. The van der Waals surface area contributed by atoms with E-state index in [1.807, 2.05) is 53.0 Å². The standard InChI is InChI=1S/C27H29N7O2/c1-2-26(36)29-22-5-3-4-20(18-22)25-11-10-24-19-28-27(31-34(24)25)30-21-6-8-23(9-7-21)33-14-12-32(13-15-33)16-17-35/h2-11,18-19,35H,1,12-17H2,(H,29,36)(H,30,31). The van der Waals surface area contributed by atoms with Crippen molar-refractivity contribution in [1.82, 2.24) is 19.5 Å². The van der Waals surface area contributed by atoms with Crippen LogP contribution in [0.2, 0.25) is 0 Å². The number of rotatable bonds is 8. The number of amides is 1. The van der Waals surface area contributed by atoms with E-state index < -0.39 is 0 Å². The van der Waals surface area contributed by atoms with Crippen molar-refractivity contribution in [2.75, 3.05) is 54.9 Å². The summed E-state index contributed by atoms with van der Waals surface area (Å²) in [6.45, 7) is 8.25. The summed E-state index contributed by atoms with van der Waals surface area (Å²) in [5.41, 5.74) is 5.45. The molecule has 0 saturated carbocycles. The van der Waals surface area contributed by atoms with Gasteiger partial charge in [0.2, 0.25) is 11.9 Å². The molecule has 184 valence electrons. The predicted octanol–water partition coefficient (Wildman–Crippen LogP) is 3.38. The lowest BCUT2D eigenvalue weighted by Gasteiger charge is -2.35. The Morgan fingerprint density at radius 1 is 1.03 bits per heavy atom. The number of anilines is 4. The van der Waals surface area contributed by atoms with E-state index >= 15 is 0 Å². The van der Waals surface area contributed by atoms with Gasteiger partial charge in [0.15, 0.2) is 0 Å². The Hall–Kier alpha value is -4.21. The Morgan fingerprint density at radius 3 is 2.58 bits per heavy atom. The van der Waals surface area contributed by atoms with Gasteiger partial charge in [-0.05, 0) is 54.6 Å². The molecule has 1 saturated heterocycles. The number of hydrogen-bond donors (Lipinski definition) is 3. The lowest BCUT2D eigenvalue weighted by Crippen LogP contribution is -2.47. The molecule has 0 radical (unpaired) electrons. The number of nitrogens with zero attached hydrogens (tertiary/aromatic N) is 5. The van der Waals surface area contributed by atoms with Gasteiger partial charge in [-0.15, -0.1) is 5.10 Å². The average molecular weight is 484 g/mol. The smallest absolute Gasteiger partial charge is 0.247 e. The number of carbonyl (C=O) groups excluding carboxylic acids is 1. The molecule has 0 bridgehead atoms. The van der Waals surface area contributed by atoms with Crippen LogP contribution in [0.15, 0.2) is 79.5 Å². The van der Waals surface area contributed by atoms with Crippen LogP contribution < -0.4 is 15.5 Å². The van der Waals surface area contributed by atoms with Crippen LogP contribution >= 0.6 is 0 Å². The van der Waals surface area contributed by atoms with Gasteiger partial charge < -0.3 is 20.6 Å². The second-order valence-electron chi connectivity index (χ2n) is 8.64. The highest BCUT2D eigenvalue weighted by atomic mass is 16.3. The third-order valence-corrected chi connectivity index (χ3v) is 6.29. The number of nitrogens with one attached hydrogen (secondary N) is 2. The van der Waals surface area contributed by atoms with Crippen LogP contribution in [0.4, 0.5) is 23.0 Å². The molecule has 5 rings (SSSR count). The number of piperazine rings is 1. The molecule has 1 aliphatic rings. The van der Waals surface area contributed by atoms with Gasteiger partial charge in [-0.25, -0.2) is 9.50 Å². The molecule has 0 aliphatic carbocycles. The van der Waals surface area contributed by atoms with E-state index in [2.05, 4.69) is 44.1 Å². The van der Waals surface area contributed by atoms with Gasteiger partial charge in [0.25, 0.3) is 0 Å². The molecule has 2 aromatic heterocycles. The van der Waals surface area contributed by atoms with Gasteiger partial charge in [0.05, 0.1) is 24.0 Å². The molecular formula is C27H29N7O2. The van der Waals surface area contributed by atoms with E-state index in [9.17, 15) is 4.79 Å². The van der Waals surface area contributed by atoms with Crippen molar-refractivity contribution in [3.05, 3.63) is 79.5 Å². The fourth-order valence-electron chi connectivity index (χ4n) is 4.38. The highest BCUT2D eigenvalue weighted by Crippen LogP contribution is 2.26. The molecule has 1 amide bonds. The largest absolute Gasteiger partial charge is 0.395 e. The van der Waals surface area contributed by atoms with E-state index in [1.165, 1.54) is 11.8 Å². The Balaban J connectivity index is 1.31. The summed E-state index contributed by atoms with van der Waals surface area (Å²) in [5.74, 6) is 0.234. The van der Waals surface area contributed by atoms with Crippen molar-refractivity contribution < 1.29 is 9.90 Å². The highest BCUT2D eigenvalue weighted by molar-refractivity contribution is 5.99. The SMILES string of the molecule is C=CC(=O)Nc1cccc(-c2ccc3cnc(Nc4ccc(N5CCN(CCO)CC5)cc4)nn23)c1. The predicted molar refractivity (Wildman–Crippen MR) is 143 cm³/mol. The molecule has 2 aromatic carbocycles. The summed E-state index contributed by atoms with van der Waals surface area (Å²) in [6, 6.07) is 19.8. The van der Waals surface area contributed by atoms with Crippen LogP contribution in [0, 0.1) is 0 Å². The monoisotopic (exact) mass is 483 g/mol. The number of carbonyl (C=O) groups is 1. The first-order chi connectivity index (χ1) is 17.6. The normalized spacial score (nSPS) is 14.1. The minimum atomic E-state index is -0.254. The first kappa shape index (κ1) is 23.5. The van der Waals surface area contributed by atoms with Crippen LogP contribution in [-0.2, 0) is 4.79 Å². The van der Waals surface area contributed by atoms with Crippen LogP contribution in [0.1, 0.15) is 0 Å². The molecule has 3 N–H and O–H groups in total. The van der Waals surface area contributed by atoms with Crippen molar-refractivity contribution in [3.63, 3.8) is 0 Å². The fraction of sp³-hybridized carbons (Fsp3) is 0.222. The molecule has 1 fully saturated rings. The first-order valence-electron chi connectivity index (χ1n) is 12.0. The number of aromatic nitrogens is 3. The summed E-state index contributed by atoms with van der Waals surface area (Å²) in [5, 5.41) is 19.9. The third kappa shape index (κ3) is 5.22. The number of aliphatic hydroxyl groups is 1. The molecule has 9 heteroatoms. The van der Waals surface area contributed by atoms with Gasteiger partial charge in [-0.3, -0.25) is 9.69 Å². The van der Waals surface area contributed by atoms with Gasteiger partial charge in [0.1, 0.15) is 0 Å². The molecule has 0 unspecified atom stereocenters. The van der Waals surface area contributed by atoms with Crippen molar-refractivity contribution in [2.45, 2.75) is 0 Å². The van der Waals surface area contributed by atoms with Crippen LogP contribution in [0.5, 0.6) is 0 Å². The van der Waals surface area contributed by atoms with E-state index in [0.717, 1.165) is 55.2 Å². The Labute approximate surface area is 209 Å². The zero-order valence-corrected chi connectivity index (χ0v) is 20.0. The molecule has 0 spiro atoms. The van der Waals surface area contributed by atoms with Crippen molar-refractivity contribution >= 4 is 34.4 Å². The van der Waals surface area contributed by atoms with E-state index in [-0.39, 0.29) is 12.5 Å². The van der Waals surface area contributed by atoms with Crippen LogP contribution in [-0.4, -0.2) is 69.8 Å². The minimum absolute atomic E-state index is 0.207.